The van der Waals surface area contributed by atoms with E-state index in [1.807, 2.05) is 0 Å². The number of nitrogens with two attached hydrogens (primary N) is 1. The van der Waals surface area contributed by atoms with E-state index in [1.54, 1.807) is 0 Å². The lowest BCUT2D eigenvalue weighted by Gasteiger charge is -2.26. The van der Waals surface area contributed by atoms with E-state index in [2.05, 4.69) is 5.32 Å². The second-order valence-electron chi connectivity index (χ2n) is 4.68. The van der Waals surface area contributed by atoms with Crippen molar-refractivity contribution in [1.29, 1.82) is 0 Å². The van der Waals surface area contributed by atoms with Crippen LogP contribution < -0.4 is 11.1 Å². The van der Waals surface area contributed by atoms with Crippen LogP contribution >= 0.6 is 0 Å². The monoisotopic (exact) mass is 212 g/mol. The van der Waals surface area contributed by atoms with Crippen LogP contribution in [0.15, 0.2) is 0 Å². The van der Waals surface area contributed by atoms with Crippen molar-refractivity contribution >= 4 is 5.91 Å². The first-order valence-electron chi connectivity index (χ1n) is 5.89. The smallest absolute Gasteiger partial charge is 0.223 e. The van der Waals surface area contributed by atoms with Crippen LogP contribution in [0.3, 0.4) is 0 Å². The molecule has 0 radical (unpaired) electrons. The summed E-state index contributed by atoms with van der Waals surface area (Å²) >= 11 is 0. The normalized spacial score (nSPS) is 36.5. The summed E-state index contributed by atoms with van der Waals surface area (Å²) in [5.74, 6) is 0.391. The maximum absolute atomic E-state index is 11.9. The standard InChI is InChI=1S/C11H20N2O2/c12-9-3-1-8(2-4-9)11(14)13-10-5-6-15-7-10/h8-10H,1-7,12H2,(H,13,14). The van der Waals surface area contributed by atoms with Gasteiger partial charge in [-0.3, -0.25) is 4.79 Å². The van der Waals surface area contributed by atoms with E-state index in [0.717, 1.165) is 38.7 Å². The molecule has 0 bridgehead atoms. The number of carbonyl (C=O) groups is 1. The summed E-state index contributed by atoms with van der Waals surface area (Å²) in [5.41, 5.74) is 5.81. The number of ether oxygens (including phenoxy) is 1. The van der Waals surface area contributed by atoms with Crippen LogP contribution in [0.2, 0.25) is 0 Å². The predicted molar refractivity (Wildman–Crippen MR) is 57.3 cm³/mol. The topological polar surface area (TPSA) is 64.4 Å². The van der Waals surface area contributed by atoms with Crippen LogP contribution in [0.25, 0.3) is 0 Å². The fraction of sp³-hybridized carbons (Fsp3) is 0.909. The summed E-state index contributed by atoms with van der Waals surface area (Å²) in [6, 6.07) is 0.553. The Balaban J connectivity index is 1.75. The zero-order valence-corrected chi connectivity index (χ0v) is 9.08. The summed E-state index contributed by atoms with van der Waals surface area (Å²) in [5, 5.41) is 3.06. The molecule has 1 amide bonds. The van der Waals surface area contributed by atoms with Crippen molar-refractivity contribution in [1.82, 2.24) is 5.32 Å². The van der Waals surface area contributed by atoms with Gasteiger partial charge in [0.15, 0.2) is 0 Å². The molecule has 2 rings (SSSR count). The molecular formula is C11H20N2O2. The third-order valence-corrected chi connectivity index (χ3v) is 3.42. The molecule has 1 atom stereocenters. The Labute approximate surface area is 90.5 Å². The number of carbonyl (C=O) groups excluding carboxylic acids is 1. The average molecular weight is 212 g/mol. The molecule has 1 aliphatic heterocycles. The molecule has 4 heteroatoms. The molecule has 1 unspecified atom stereocenters. The van der Waals surface area contributed by atoms with Crippen molar-refractivity contribution in [2.24, 2.45) is 11.7 Å². The number of hydrogen-bond donors (Lipinski definition) is 2. The third kappa shape index (κ3) is 2.92. The quantitative estimate of drug-likeness (QED) is 0.696. The molecule has 15 heavy (non-hydrogen) atoms. The molecule has 1 heterocycles. The SMILES string of the molecule is NC1CCC(C(=O)NC2CCOC2)CC1. The van der Waals surface area contributed by atoms with Gasteiger partial charge in [0.05, 0.1) is 12.6 Å². The summed E-state index contributed by atoms with van der Waals surface area (Å²) in [7, 11) is 0. The first kappa shape index (κ1) is 10.9. The van der Waals surface area contributed by atoms with Gasteiger partial charge in [-0.2, -0.15) is 0 Å². The molecule has 2 fully saturated rings. The van der Waals surface area contributed by atoms with Gasteiger partial charge in [-0.1, -0.05) is 0 Å². The molecule has 86 valence electrons. The van der Waals surface area contributed by atoms with Gasteiger partial charge in [-0.05, 0) is 32.1 Å². The van der Waals surface area contributed by atoms with E-state index in [4.69, 9.17) is 10.5 Å². The first-order valence-corrected chi connectivity index (χ1v) is 5.89. The van der Waals surface area contributed by atoms with Gasteiger partial charge in [0, 0.05) is 18.6 Å². The number of amides is 1. The van der Waals surface area contributed by atoms with Crippen LogP contribution in [-0.2, 0) is 9.53 Å². The third-order valence-electron chi connectivity index (χ3n) is 3.42. The van der Waals surface area contributed by atoms with Crippen LogP contribution in [0.1, 0.15) is 32.1 Å². The van der Waals surface area contributed by atoms with Crippen molar-refractivity contribution in [2.75, 3.05) is 13.2 Å². The van der Waals surface area contributed by atoms with E-state index in [9.17, 15) is 4.79 Å². The average Bonchev–Trinajstić information content (AvgIpc) is 2.71. The highest BCUT2D eigenvalue weighted by atomic mass is 16.5. The molecule has 0 aromatic rings. The van der Waals surface area contributed by atoms with E-state index >= 15 is 0 Å². The van der Waals surface area contributed by atoms with Gasteiger partial charge < -0.3 is 15.8 Å². The van der Waals surface area contributed by atoms with Crippen molar-refractivity contribution in [2.45, 2.75) is 44.2 Å². The molecule has 3 N–H and O–H groups in total. The van der Waals surface area contributed by atoms with Crippen molar-refractivity contribution in [3.8, 4) is 0 Å². The van der Waals surface area contributed by atoms with Crippen molar-refractivity contribution in [3.05, 3.63) is 0 Å². The van der Waals surface area contributed by atoms with Gasteiger partial charge in [0.25, 0.3) is 0 Å². The molecule has 0 spiro atoms. The summed E-state index contributed by atoms with van der Waals surface area (Å²) < 4.78 is 5.23. The molecule has 1 saturated heterocycles. The van der Waals surface area contributed by atoms with Crippen molar-refractivity contribution in [3.63, 3.8) is 0 Å². The molecule has 1 saturated carbocycles. The summed E-state index contributed by atoms with van der Waals surface area (Å²) in [6.45, 7) is 1.46. The highest BCUT2D eigenvalue weighted by Crippen LogP contribution is 2.23. The Hall–Kier alpha value is -0.610. The Morgan fingerprint density at radius 3 is 2.53 bits per heavy atom. The fourth-order valence-corrected chi connectivity index (χ4v) is 2.35. The van der Waals surface area contributed by atoms with E-state index in [-0.39, 0.29) is 17.9 Å². The van der Waals surface area contributed by atoms with Gasteiger partial charge in [0.1, 0.15) is 0 Å². The second kappa shape index (κ2) is 4.94. The number of hydrogen-bond acceptors (Lipinski definition) is 3. The van der Waals surface area contributed by atoms with Crippen LogP contribution in [0.4, 0.5) is 0 Å². The highest BCUT2D eigenvalue weighted by molar-refractivity contribution is 5.79. The second-order valence-corrected chi connectivity index (χ2v) is 4.68. The minimum Gasteiger partial charge on any atom is -0.379 e. The molecule has 2 aliphatic rings. The van der Waals surface area contributed by atoms with Gasteiger partial charge >= 0.3 is 0 Å². The Morgan fingerprint density at radius 2 is 1.93 bits per heavy atom. The lowest BCUT2D eigenvalue weighted by atomic mass is 9.86. The Kier molecular flexibility index (Phi) is 3.59. The lowest BCUT2D eigenvalue weighted by molar-refractivity contribution is -0.126. The summed E-state index contributed by atoms with van der Waals surface area (Å²) in [4.78, 5) is 11.9. The Morgan fingerprint density at radius 1 is 1.20 bits per heavy atom. The van der Waals surface area contributed by atoms with E-state index in [0.29, 0.717) is 12.6 Å². The van der Waals surface area contributed by atoms with E-state index < -0.39 is 0 Å². The minimum atomic E-state index is 0.186. The fourth-order valence-electron chi connectivity index (χ4n) is 2.35. The molecular weight excluding hydrogens is 192 g/mol. The maximum atomic E-state index is 11.9. The van der Waals surface area contributed by atoms with Gasteiger partial charge in [0.2, 0.25) is 5.91 Å². The Bertz CT molecular complexity index is 219. The summed E-state index contributed by atoms with van der Waals surface area (Å²) in [6.07, 6.45) is 4.82. The first-order chi connectivity index (χ1) is 7.25. The predicted octanol–water partition coefficient (Wildman–Crippen LogP) is 0.409. The zero-order chi connectivity index (χ0) is 10.7. The largest absolute Gasteiger partial charge is 0.379 e. The minimum absolute atomic E-state index is 0.186. The van der Waals surface area contributed by atoms with E-state index in [1.165, 1.54) is 0 Å². The van der Waals surface area contributed by atoms with Crippen molar-refractivity contribution < 1.29 is 9.53 Å². The van der Waals surface area contributed by atoms with Gasteiger partial charge in [-0.25, -0.2) is 0 Å². The number of nitrogens with one attached hydrogen (secondary N) is 1. The highest BCUT2D eigenvalue weighted by Gasteiger charge is 2.27. The molecule has 1 aliphatic carbocycles. The van der Waals surface area contributed by atoms with Gasteiger partial charge in [-0.15, -0.1) is 0 Å². The maximum Gasteiger partial charge on any atom is 0.223 e. The zero-order valence-electron chi connectivity index (χ0n) is 9.08. The molecule has 0 aromatic carbocycles. The molecule has 0 aromatic heterocycles. The lowest BCUT2D eigenvalue weighted by Crippen LogP contribution is -2.41. The number of rotatable bonds is 2. The molecule has 4 nitrogen and oxygen atoms in total. The van der Waals surface area contributed by atoms with Crippen LogP contribution in [0.5, 0.6) is 0 Å². The van der Waals surface area contributed by atoms with Crippen LogP contribution in [-0.4, -0.2) is 31.2 Å². The van der Waals surface area contributed by atoms with Crippen LogP contribution in [0, 0.1) is 5.92 Å².